The minimum atomic E-state index is -0.674. The van der Waals surface area contributed by atoms with Crippen LogP contribution in [0, 0.1) is 5.82 Å². The Morgan fingerprint density at radius 2 is 1.62 bits per heavy atom. The van der Waals surface area contributed by atoms with Crippen LogP contribution in [0.25, 0.3) is 11.1 Å². The summed E-state index contributed by atoms with van der Waals surface area (Å²) in [7, 11) is 0. The predicted octanol–water partition coefficient (Wildman–Crippen LogP) is 6.21. The molecule has 1 aromatic heterocycles. The van der Waals surface area contributed by atoms with E-state index in [-0.39, 0.29) is 11.7 Å². The summed E-state index contributed by atoms with van der Waals surface area (Å²) in [4.78, 5) is 29.3. The number of hydrogen-bond donors (Lipinski definition) is 2. The monoisotopic (exact) mass is 453 g/mol. The second kappa shape index (κ2) is 9.82. The maximum absolute atomic E-state index is 13.3. The molecule has 2 amide bonds. The lowest BCUT2D eigenvalue weighted by Gasteiger charge is -2.21. The molecule has 166 valence electrons. The fourth-order valence-electron chi connectivity index (χ4n) is 2.82. The first-order valence-electron chi connectivity index (χ1n) is 9.86. The van der Waals surface area contributed by atoms with Crippen molar-refractivity contribution in [2.45, 2.75) is 31.4 Å². The largest absolute Gasteiger partial charge is 0.444 e. The molecule has 8 heteroatoms. The lowest BCUT2D eigenvalue weighted by Crippen LogP contribution is -2.27. The first-order chi connectivity index (χ1) is 15.1. The number of thioether (sulfide) groups is 1. The van der Waals surface area contributed by atoms with Crippen LogP contribution < -0.4 is 10.6 Å². The van der Waals surface area contributed by atoms with Gasteiger partial charge in [0.25, 0.3) is 5.91 Å². The number of carbonyl (C=O) groups excluding carboxylic acids is 2. The summed E-state index contributed by atoms with van der Waals surface area (Å²) < 4.78 is 18.6. The Kier molecular flexibility index (Phi) is 7.15. The number of halogens is 1. The molecule has 0 saturated heterocycles. The van der Waals surface area contributed by atoms with Crippen LogP contribution in [0.1, 0.15) is 31.1 Å². The maximum Gasteiger partial charge on any atom is 0.412 e. The zero-order valence-electron chi connectivity index (χ0n) is 18.2. The summed E-state index contributed by atoms with van der Waals surface area (Å²) in [5.41, 5.74) is 1.94. The molecule has 0 saturated carbocycles. The molecular formula is C24H24FN3O3S. The Morgan fingerprint density at radius 3 is 2.22 bits per heavy atom. The third kappa shape index (κ3) is 6.31. The lowest BCUT2D eigenvalue weighted by molar-refractivity contribution is 0.0635. The van der Waals surface area contributed by atoms with Gasteiger partial charge in [-0.25, -0.2) is 14.2 Å². The third-order valence-corrected chi connectivity index (χ3v) is 4.95. The number of rotatable bonds is 5. The average Bonchev–Trinajstić information content (AvgIpc) is 2.74. The summed E-state index contributed by atoms with van der Waals surface area (Å²) >= 11 is 1.48. The zero-order valence-corrected chi connectivity index (χ0v) is 19.0. The highest BCUT2D eigenvalue weighted by Gasteiger charge is 2.18. The minimum Gasteiger partial charge on any atom is -0.444 e. The van der Waals surface area contributed by atoms with E-state index >= 15 is 0 Å². The second-order valence-corrected chi connectivity index (χ2v) is 8.76. The first kappa shape index (κ1) is 23.3. The number of amides is 2. The number of benzene rings is 2. The van der Waals surface area contributed by atoms with Crippen molar-refractivity contribution in [1.82, 2.24) is 4.98 Å². The molecule has 0 radical (unpaired) electrons. The summed E-state index contributed by atoms with van der Waals surface area (Å²) in [6.07, 6.45) is 2.75. The standard InChI is InChI=1S/C24H24FN3O3S/c1-24(2,3)31-23(30)28-19-11-7-16(15-5-9-18(25)10-6-15)13-20(19)27-22(29)17-8-12-21(32-4)26-14-17/h5-14H,1-4H3,(H,27,29)(H,28,30). The van der Waals surface area contributed by atoms with Crippen molar-refractivity contribution in [2.75, 3.05) is 16.9 Å². The summed E-state index contributed by atoms with van der Waals surface area (Å²) in [5, 5.41) is 6.30. The fourth-order valence-corrected chi connectivity index (χ4v) is 3.18. The van der Waals surface area contributed by atoms with Crippen LogP contribution in [-0.4, -0.2) is 28.8 Å². The van der Waals surface area contributed by atoms with E-state index in [0.29, 0.717) is 16.9 Å². The Morgan fingerprint density at radius 1 is 0.938 bits per heavy atom. The molecule has 0 aliphatic rings. The molecule has 2 aromatic carbocycles. The highest BCUT2D eigenvalue weighted by atomic mass is 32.2. The highest BCUT2D eigenvalue weighted by Crippen LogP contribution is 2.30. The zero-order chi connectivity index (χ0) is 23.3. The Balaban J connectivity index is 1.92. The minimum absolute atomic E-state index is 0.341. The Hall–Kier alpha value is -3.39. The molecule has 0 unspecified atom stereocenters. The maximum atomic E-state index is 13.3. The van der Waals surface area contributed by atoms with Gasteiger partial charge in [0, 0.05) is 6.20 Å². The lowest BCUT2D eigenvalue weighted by atomic mass is 10.0. The van der Waals surface area contributed by atoms with Crippen molar-refractivity contribution in [3.05, 3.63) is 72.2 Å². The third-order valence-electron chi connectivity index (χ3n) is 4.29. The van der Waals surface area contributed by atoms with E-state index in [1.165, 1.54) is 30.1 Å². The van der Waals surface area contributed by atoms with E-state index in [1.807, 2.05) is 6.26 Å². The van der Waals surface area contributed by atoms with Crippen LogP contribution in [-0.2, 0) is 4.74 Å². The van der Waals surface area contributed by atoms with E-state index in [2.05, 4.69) is 15.6 Å². The highest BCUT2D eigenvalue weighted by molar-refractivity contribution is 7.98. The number of hydrogen-bond acceptors (Lipinski definition) is 5. The molecular weight excluding hydrogens is 429 g/mol. The molecule has 3 aromatic rings. The number of nitrogens with zero attached hydrogens (tertiary/aromatic N) is 1. The topological polar surface area (TPSA) is 80.3 Å². The summed E-state index contributed by atoms with van der Waals surface area (Å²) in [5.74, 6) is -0.722. The van der Waals surface area contributed by atoms with Gasteiger partial charge in [0.1, 0.15) is 11.4 Å². The van der Waals surface area contributed by atoms with E-state index < -0.39 is 11.7 Å². The van der Waals surface area contributed by atoms with Crippen molar-refractivity contribution >= 4 is 35.1 Å². The molecule has 32 heavy (non-hydrogen) atoms. The smallest absolute Gasteiger partial charge is 0.412 e. The van der Waals surface area contributed by atoms with Crippen molar-refractivity contribution in [2.24, 2.45) is 0 Å². The van der Waals surface area contributed by atoms with Gasteiger partial charge in [-0.1, -0.05) is 18.2 Å². The van der Waals surface area contributed by atoms with Gasteiger partial charge in [0.05, 0.1) is 22.0 Å². The number of ether oxygens (including phenoxy) is 1. The molecule has 3 rings (SSSR count). The van der Waals surface area contributed by atoms with Crippen molar-refractivity contribution < 1.29 is 18.7 Å². The van der Waals surface area contributed by atoms with Gasteiger partial charge in [-0.05, 0) is 74.6 Å². The van der Waals surface area contributed by atoms with Gasteiger partial charge in [-0.3, -0.25) is 10.1 Å². The molecule has 0 aliphatic heterocycles. The number of aromatic nitrogens is 1. The van der Waals surface area contributed by atoms with Gasteiger partial charge < -0.3 is 10.1 Å². The van der Waals surface area contributed by atoms with E-state index in [4.69, 9.17) is 4.74 Å². The van der Waals surface area contributed by atoms with Crippen molar-refractivity contribution in [3.63, 3.8) is 0 Å². The normalized spacial score (nSPS) is 11.0. The molecule has 2 N–H and O–H groups in total. The second-order valence-electron chi connectivity index (χ2n) is 7.94. The molecule has 0 atom stereocenters. The van der Waals surface area contributed by atoms with Crippen molar-refractivity contribution in [1.29, 1.82) is 0 Å². The quantitative estimate of drug-likeness (QED) is 0.449. The number of pyridine rings is 1. The van der Waals surface area contributed by atoms with Crippen LogP contribution in [0.15, 0.2) is 65.8 Å². The molecule has 6 nitrogen and oxygen atoms in total. The molecule has 0 spiro atoms. The van der Waals surface area contributed by atoms with Crippen LogP contribution in [0.5, 0.6) is 0 Å². The van der Waals surface area contributed by atoms with Gasteiger partial charge in [0.15, 0.2) is 0 Å². The van der Waals surface area contributed by atoms with Crippen LogP contribution in [0.4, 0.5) is 20.6 Å². The number of anilines is 2. The average molecular weight is 454 g/mol. The molecule has 0 fully saturated rings. The Bertz CT molecular complexity index is 1110. The number of carbonyl (C=O) groups is 2. The van der Waals surface area contributed by atoms with Crippen molar-refractivity contribution in [3.8, 4) is 11.1 Å². The molecule has 1 heterocycles. The fraction of sp³-hybridized carbons (Fsp3) is 0.208. The SMILES string of the molecule is CSc1ccc(C(=O)Nc2cc(-c3ccc(F)cc3)ccc2NC(=O)OC(C)(C)C)cn1. The van der Waals surface area contributed by atoms with Crippen LogP contribution in [0.2, 0.25) is 0 Å². The van der Waals surface area contributed by atoms with Gasteiger partial charge >= 0.3 is 6.09 Å². The predicted molar refractivity (Wildman–Crippen MR) is 126 cm³/mol. The Labute approximate surface area is 190 Å². The molecule has 0 aliphatic carbocycles. The molecule has 0 bridgehead atoms. The summed E-state index contributed by atoms with van der Waals surface area (Å²) in [6.45, 7) is 5.29. The van der Waals surface area contributed by atoms with Crippen LogP contribution in [0.3, 0.4) is 0 Å². The number of nitrogens with one attached hydrogen (secondary N) is 2. The van der Waals surface area contributed by atoms with E-state index in [0.717, 1.165) is 16.2 Å². The van der Waals surface area contributed by atoms with Gasteiger partial charge in [0.2, 0.25) is 0 Å². The van der Waals surface area contributed by atoms with E-state index in [1.54, 1.807) is 63.2 Å². The van der Waals surface area contributed by atoms with Gasteiger partial charge in [-0.2, -0.15) is 0 Å². The van der Waals surface area contributed by atoms with Crippen LogP contribution >= 0.6 is 11.8 Å². The van der Waals surface area contributed by atoms with E-state index in [9.17, 15) is 14.0 Å². The first-order valence-corrected chi connectivity index (χ1v) is 11.1. The van der Waals surface area contributed by atoms with Gasteiger partial charge in [-0.15, -0.1) is 11.8 Å². The summed E-state index contributed by atoms with van der Waals surface area (Å²) in [6, 6.07) is 14.6.